The minimum absolute atomic E-state index is 0.210. The topological polar surface area (TPSA) is 94.0 Å². The second kappa shape index (κ2) is 7.01. The van der Waals surface area contributed by atoms with Gasteiger partial charge in [-0.15, -0.1) is 0 Å². The largest absolute Gasteiger partial charge is 0.338 e. The van der Waals surface area contributed by atoms with Crippen molar-refractivity contribution < 1.29 is 13.7 Å². The Morgan fingerprint density at radius 2 is 1.92 bits per heavy atom. The second-order valence-electron chi connectivity index (χ2n) is 5.24. The van der Waals surface area contributed by atoms with Crippen LogP contribution in [0.15, 0.2) is 59.4 Å². The summed E-state index contributed by atoms with van der Waals surface area (Å²) in [7, 11) is 0. The van der Waals surface area contributed by atoms with E-state index in [1.54, 1.807) is 42.7 Å². The molecule has 3 aromatic rings. The summed E-state index contributed by atoms with van der Waals surface area (Å²) in [6, 6.07) is 10.2. The fourth-order valence-corrected chi connectivity index (χ4v) is 2.17. The number of amides is 1. The van der Waals surface area contributed by atoms with E-state index >= 15 is 0 Å². The lowest BCUT2D eigenvalue weighted by Crippen LogP contribution is -2.37. The minimum Gasteiger partial charge on any atom is -0.338 e. The Balaban J connectivity index is 1.62. The standard InChI is InChI=1S/C17H15FN4O2/c18-13-3-1-11(2-4-13)9-14(19)17(23)21-16-10-15(22-24-16)12-5-7-20-8-6-12/h1-8,10,14H,9,19H2,(H,21,23). The van der Waals surface area contributed by atoms with E-state index in [0.29, 0.717) is 5.69 Å². The molecule has 0 aliphatic carbocycles. The molecule has 0 saturated heterocycles. The van der Waals surface area contributed by atoms with Crippen molar-refractivity contribution in [1.82, 2.24) is 10.1 Å². The van der Waals surface area contributed by atoms with Crippen LogP contribution < -0.4 is 11.1 Å². The maximum absolute atomic E-state index is 12.9. The zero-order chi connectivity index (χ0) is 16.9. The molecule has 0 saturated carbocycles. The molecule has 1 amide bonds. The lowest BCUT2D eigenvalue weighted by molar-refractivity contribution is -0.117. The van der Waals surface area contributed by atoms with Crippen LogP contribution in [0.5, 0.6) is 0 Å². The predicted octanol–water partition coefficient (Wildman–Crippen LogP) is 2.38. The third kappa shape index (κ3) is 3.82. The van der Waals surface area contributed by atoms with E-state index in [4.69, 9.17) is 10.3 Å². The molecule has 0 spiro atoms. The molecule has 2 heterocycles. The van der Waals surface area contributed by atoms with Crippen LogP contribution >= 0.6 is 0 Å². The average molecular weight is 326 g/mol. The highest BCUT2D eigenvalue weighted by Crippen LogP contribution is 2.20. The number of pyridine rings is 1. The number of aromatic nitrogens is 2. The van der Waals surface area contributed by atoms with Crippen molar-refractivity contribution in [3.63, 3.8) is 0 Å². The molecule has 3 N–H and O–H groups in total. The van der Waals surface area contributed by atoms with Gasteiger partial charge in [-0.25, -0.2) is 4.39 Å². The van der Waals surface area contributed by atoms with Crippen LogP contribution in [0.2, 0.25) is 0 Å². The Kier molecular flexibility index (Phi) is 4.62. The fraction of sp³-hybridized carbons (Fsp3) is 0.118. The van der Waals surface area contributed by atoms with Crippen molar-refractivity contribution in [3.8, 4) is 11.3 Å². The molecule has 0 aliphatic rings. The number of hydrogen-bond acceptors (Lipinski definition) is 5. The maximum Gasteiger partial charge on any atom is 0.244 e. The van der Waals surface area contributed by atoms with Crippen LogP contribution in [0, 0.1) is 5.82 Å². The van der Waals surface area contributed by atoms with Gasteiger partial charge >= 0.3 is 0 Å². The highest BCUT2D eigenvalue weighted by molar-refractivity contribution is 5.94. The number of halogens is 1. The van der Waals surface area contributed by atoms with E-state index < -0.39 is 11.9 Å². The van der Waals surface area contributed by atoms with E-state index in [0.717, 1.165) is 11.1 Å². The summed E-state index contributed by atoms with van der Waals surface area (Å²) < 4.78 is 18.0. The summed E-state index contributed by atoms with van der Waals surface area (Å²) >= 11 is 0. The van der Waals surface area contributed by atoms with Gasteiger partial charge in [-0.3, -0.25) is 15.1 Å². The molecular weight excluding hydrogens is 311 g/mol. The Labute approximate surface area is 137 Å². The molecule has 24 heavy (non-hydrogen) atoms. The molecule has 0 fully saturated rings. The Morgan fingerprint density at radius 3 is 2.62 bits per heavy atom. The maximum atomic E-state index is 12.9. The van der Waals surface area contributed by atoms with Crippen molar-refractivity contribution in [1.29, 1.82) is 0 Å². The van der Waals surface area contributed by atoms with Crippen molar-refractivity contribution in [2.75, 3.05) is 5.32 Å². The SMILES string of the molecule is NC(Cc1ccc(F)cc1)C(=O)Nc1cc(-c2ccncc2)no1. The summed E-state index contributed by atoms with van der Waals surface area (Å²) in [5.74, 6) is -0.528. The van der Waals surface area contributed by atoms with Gasteiger partial charge in [0.15, 0.2) is 0 Å². The summed E-state index contributed by atoms with van der Waals surface area (Å²) in [4.78, 5) is 16.0. The van der Waals surface area contributed by atoms with Gasteiger partial charge in [0.2, 0.25) is 11.8 Å². The molecule has 3 rings (SSSR count). The molecule has 1 unspecified atom stereocenters. The first kappa shape index (κ1) is 15.8. The van der Waals surface area contributed by atoms with Crippen LogP contribution in [-0.4, -0.2) is 22.1 Å². The lowest BCUT2D eigenvalue weighted by Gasteiger charge is -2.10. The molecule has 7 heteroatoms. The zero-order valence-electron chi connectivity index (χ0n) is 12.6. The fourth-order valence-electron chi connectivity index (χ4n) is 2.17. The molecule has 0 bridgehead atoms. The van der Waals surface area contributed by atoms with Gasteiger partial charge < -0.3 is 10.3 Å². The van der Waals surface area contributed by atoms with Crippen LogP contribution in [-0.2, 0) is 11.2 Å². The van der Waals surface area contributed by atoms with Crippen LogP contribution in [0.25, 0.3) is 11.3 Å². The molecular formula is C17H15FN4O2. The Hall–Kier alpha value is -3.06. The van der Waals surface area contributed by atoms with E-state index in [1.165, 1.54) is 12.1 Å². The van der Waals surface area contributed by atoms with Gasteiger partial charge in [0.05, 0.1) is 6.04 Å². The number of nitrogens with zero attached hydrogens (tertiary/aromatic N) is 2. The molecule has 122 valence electrons. The van der Waals surface area contributed by atoms with Gasteiger partial charge in [-0.2, -0.15) is 0 Å². The average Bonchev–Trinajstić information content (AvgIpc) is 3.06. The highest BCUT2D eigenvalue weighted by atomic mass is 19.1. The quantitative estimate of drug-likeness (QED) is 0.751. The lowest BCUT2D eigenvalue weighted by atomic mass is 10.1. The third-order valence-electron chi connectivity index (χ3n) is 3.44. The molecule has 6 nitrogen and oxygen atoms in total. The van der Waals surface area contributed by atoms with Gasteiger partial charge in [0.25, 0.3) is 0 Å². The zero-order valence-corrected chi connectivity index (χ0v) is 12.6. The predicted molar refractivity (Wildman–Crippen MR) is 86.4 cm³/mol. The smallest absolute Gasteiger partial charge is 0.244 e. The Morgan fingerprint density at radius 1 is 1.21 bits per heavy atom. The first-order valence-electron chi connectivity index (χ1n) is 7.30. The number of nitrogens with one attached hydrogen (secondary N) is 1. The first-order chi connectivity index (χ1) is 11.6. The van der Waals surface area contributed by atoms with Crippen molar-refractivity contribution in [2.45, 2.75) is 12.5 Å². The normalized spacial score (nSPS) is 11.9. The van der Waals surface area contributed by atoms with E-state index in [-0.39, 0.29) is 18.1 Å². The molecule has 1 aromatic carbocycles. The van der Waals surface area contributed by atoms with Gasteiger partial charge in [0, 0.05) is 24.0 Å². The number of rotatable bonds is 5. The second-order valence-corrected chi connectivity index (χ2v) is 5.24. The van der Waals surface area contributed by atoms with Crippen LogP contribution in [0.1, 0.15) is 5.56 Å². The summed E-state index contributed by atoms with van der Waals surface area (Å²) in [6.45, 7) is 0. The summed E-state index contributed by atoms with van der Waals surface area (Å²) in [5.41, 5.74) is 8.06. The third-order valence-corrected chi connectivity index (χ3v) is 3.44. The van der Waals surface area contributed by atoms with E-state index in [9.17, 15) is 9.18 Å². The number of anilines is 1. The first-order valence-corrected chi connectivity index (χ1v) is 7.30. The molecule has 1 atom stereocenters. The number of hydrogen-bond donors (Lipinski definition) is 2. The number of carbonyl (C=O) groups excluding carboxylic acids is 1. The molecule has 0 radical (unpaired) electrons. The molecule has 2 aromatic heterocycles. The van der Waals surface area contributed by atoms with E-state index in [1.807, 2.05) is 0 Å². The van der Waals surface area contributed by atoms with Crippen LogP contribution in [0.4, 0.5) is 10.3 Å². The van der Waals surface area contributed by atoms with Crippen LogP contribution in [0.3, 0.4) is 0 Å². The van der Waals surface area contributed by atoms with Gasteiger partial charge in [-0.1, -0.05) is 17.3 Å². The number of nitrogens with two attached hydrogens (primary N) is 1. The number of carbonyl (C=O) groups is 1. The summed E-state index contributed by atoms with van der Waals surface area (Å²) in [5, 5.41) is 6.47. The van der Waals surface area contributed by atoms with Gasteiger partial charge in [0.1, 0.15) is 11.5 Å². The highest BCUT2D eigenvalue weighted by Gasteiger charge is 2.17. The van der Waals surface area contributed by atoms with Gasteiger partial charge in [-0.05, 0) is 36.2 Å². The van der Waals surface area contributed by atoms with Crippen molar-refractivity contribution >= 4 is 11.8 Å². The van der Waals surface area contributed by atoms with Crippen molar-refractivity contribution in [2.24, 2.45) is 5.73 Å². The number of benzene rings is 1. The van der Waals surface area contributed by atoms with E-state index in [2.05, 4.69) is 15.5 Å². The minimum atomic E-state index is -0.787. The summed E-state index contributed by atoms with van der Waals surface area (Å²) in [6.07, 6.45) is 3.57. The Bertz CT molecular complexity index is 818. The molecule has 0 aliphatic heterocycles. The monoisotopic (exact) mass is 326 g/mol. The van der Waals surface area contributed by atoms with Crippen molar-refractivity contribution in [3.05, 3.63) is 66.2 Å².